The van der Waals surface area contributed by atoms with Gasteiger partial charge in [-0.25, -0.2) is 8.42 Å². The molecule has 3 aromatic rings. The maximum Gasteiger partial charge on any atom is 0.279 e. The summed E-state index contributed by atoms with van der Waals surface area (Å²) in [7, 11) is -2.13. The Morgan fingerprint density at radius 2 is 1.94 bits per heavy atom. The molecule has 0 bridgehead atoms. The van der Waals surface area contributed by atoms with Gasteiger partial charge in [-0.15, -0.1) is 0 Å². The van der Waals surface area contributed by atoms with E-state index in [1.165, 1.54) is 39.9 Å². The summed E-state index contributed by atoms with van der Waals surface area (Å²) in [5, 5.41) is 0. The van der Waals surface area contributed by atoms with Crippen molar-refractivity contribution in [2.75, 3.05) is 27.0 Å². The maximum absolute atomic E-state index is 13.0. The van der Waals surface area contributed by atoms with E-state index in [9.17, 15) is 13.2 Å². The molecule has 1 atom stereocenters. The van der Waals surface area contributed by atoms with Crippen molar-refractivity contribution in [2.45, 2.75) is 43.7 Å². The molecule has 0 saturated carbocycles. The van der Waals surface area contributed by atoms with Crippen LogP contribution in [0.1, 0.15) is 36.5 Å². The van der Waals surface area contributed by atoms with E-state index in [1.54, 1.807) is 7.05 Å². The fourth-order valence-electron chi connectivity index (χ4n) is 4.26. The number of hydrogen-bond donors (Lipinski definition) is 0. The molecule has 186 valence electrons. The van der Waals surface area contributed by atoms with Crippen molar-refractivity contribution in [3.63, 3.8) is 0 Å². The number of aromatic nitrogens is 1. The Morgan fingerprint density at radius 3 is 2.63 bits per heavy atom. The molecule has 1 unspecified atom stereocenters. The lowest BCUT2D eigenvalue weighted by Gasteiger charge is -2.20. The van der Waals surface area contributed by atoms with Crippen molar-refractivity contribution >= 4 is 37.5 Å². The van der Waals surface area contributed by atoms with Crippen molar-refractivity contribution in [1.82, 2.24) is 8.87 Å². The third-order valence-corrected chi connectivity index (χ3v) is 8.99. The molecule has 35 heavy (non-hydrogen) atoms. The molecule has 1 fully saturated rings. The Bertz CT molecular complexity index is 1420. The number of hydrogen-bond acceptors (Lipinski definition) is 7. The summed E-state index contributed by atoms with van der Waals surface area (Å²) in [6, 6.07) is 9.74. The van der Waals surface area contributed by atoms with Gasteiger partial charge in [-0.05, 0) is 43.5 Å². The van der Waals surface area contributed by atoms with E-state index in [1.807, 2.05) is 16.7 Å². The molecule has 0 radical (unpaired) electrons. The number of nitrogens with zero attached hydrogens (tertiary/aromatic N) is 3. The average molecular weight is 518 g/mol. The molecule has 0 spiro atoms. The van der Waals surface area contributed by atoms with Crippen molar-refractivity contribution in [2.24, 2.45) is 4.99 Å². The largest absolute Gasteiger partial charge is 0.454 e. The second kappa shape index (κ2) is 9.73. The first kappa shape index (κ1) is 24.0. The summed E-state index contributed by atoms with van der Waals surface area (Å²) in [5.41, 5.74) is 1.25. The van der Waals surface area contributed by atoms with Gasteiger partial charge in [-0.2, -0.15) is 9.30 Å². The number of carbonyl (C=O) groups excluding carboxylic acids is 1. The van der Waals surface area contributed by atoms with Gasteiger partial charge in [0.25, 0.3) is 5.91 Å². The average Bonchev–Trinajstić information content (AvgIpc) is 3.59. The SMILES string of the molecule is CCCn1c(=NC(=O)c2ccc(S(=O)(=O)N(C)CC3CCCO3)cc2)sc2cc3c(cc21)OCO3. The summed E-state index contributed by atoms with van der Waals surface area (Å²) < 4.78 is 46.7. The van der Waals surface area contributed by atoms with Gasteiger partial charge in [0.15, 0.2) is 16.3 Å². The van der Waals surface area contributed by atoms with Gasteiger partial charge in [-0.3, -0.25) is 4.79 Å². The van der Waals surface area contributed by atoms with E-state index >= 15 is 0 Å². The van der Waals surface area contributed by atoms with E-state index < -0.39 is 15.9 Å². The van der Waals surface area contributed by atoms with Gasteiger partial charge in [0.2, 0.25) is 16.8 Å². The van der Waals surface area contributed by atoms with Gasteiger partial charge >= 0.3 is 0 Å². The van der Waals surface area contributed by atoms with Crippen molar-refractivity contribution in [3.8, 4) is 11.5 Å². The van der Waals surface area contributed by atoms with Gasteiger partial charge in [-0.1, -0.05) is 18.3 Å². The zero-order chi connectivity index (χ0) is 24.6. The second-order valence-electron chi connectivity index (χ2n) is 8.57. The molecule has 0 aliphatic carbocycles. The Hall–Kier alpha value is -2.73. The molecule has 2 aliphatic heterocycles. The standard InChI is InChI=1S/C24H27N3O6S2/c1-3-10-27-19-12-20-21(33-15-32-20)13-22(19)34-24(27)25-23(28)16-6-8-18(9-7-16)35(29,30)26(2)14-17-5-4-11-31-17/h6-9,12-13,17H,3-5,10-11,14-15H2,1-2H3. The number of carbonyl (C=O) groups is 1. The molecule has 9 nitrogen and oxygen atoms in total. The topological polar surface area (TPSA) is 99.4 Å². The summed E-state index contributed by atoms with van der Waals surface area (Å²) in [6.07, 6.45) is 2.59. The molecular formula is C24H27N3O6S2. The van der Waals surface area contributed by atoms with Crippen LogP contribution in [0.4, 0.5) is 0 Å². The van der Waals surface area contributed by atoms with Crippen LogP contribution in [-0.4, -0.2) is 56.3 Å². The number of amides is 1. The molecule has 5 rings (SSSR count). The minimum atomic E-state index is -3.68. The van der Waals surface area contributed by atoms with Gasteiger partial charge in [0.1, 0.15) is 0 Å². The molecule has 3 heterocycles. The Kier molecular flexibility index (Phi) is 6.67. The summed E-state index contributed by atoms with van der Waals surface area (Å²) in [6.45, 7) is 3.93. The van der Waals surface area contributed by atoms with Crippen LogP contribution >= 0.6 is 11.3 Å². The second-order valence-corrected chi connectivity index (χ2v) is 11.6. The lowest BCUT2D eigenvalue weighted by molar-refractivity contribution is 0.0979. The molecular weight excluding hydrogens is 490 g/mol. The number of aryl methyl sites for hydroxylation is 1. The van der Waals surface area contributed by atoms with Crippen molar-refractivity contribution in [3.05, 3.63) is 46.8 Å². The highest BCUT2D eigenvalue weighted by atomic mass is 32.2. The highest BCUT2D eigenvalue weighted by molar-refractivity contribution is 7.89. The monoisotopic (exact) mass is 517 g/mol. The number of fused-ring (bicyclic) bond motifs is 2. The number of likely N-dealkylation sites (N-methyl/N-ethyl adjacent to an activating group) is 1. The van der Waals surface area contributed by atoms with Gasteiger partial charge < -0.3 is 18.8 Å². The molecule has 1 saturated heterocycles. The summed E-state index contributed by atoms with van der Waals surface area (Å²) in [4.78, 5) is 18.0. The zero-order valence-electron chi connectivity index (χ0n) is 19.6. The Balaban J connectivity index is 1.41. The van der Waals surface area contributed by atoms with E-state index in [4.69, 9.17) is 14.2 Å². The number of benzene rings is 2. The molecule has 11 heteroatoms. The van der Waals surface area contributed by atoms with Crippen LogP contribution < -0.4 is 14.3 Å². The quantitative estimate of drug-likeness (QED) is 0.476. The maximum atomic E-state index is 13.0. The first-order valence-electron chi connectivity index (χ1n) is 11.6. The van der Waals surface area contributed by atoms with E-state index in [2.05, 4.69) is 11.9 Å². The smallest absolute Gasteiger partial charge is 0.279 e. The third-order valence-electron chi connectivity index (χ3n) is 6.12. The normalized spacial score (nSPS) is 18.1. The first-order chi connectivity index (χ1) is 16.9. The fourth-order valence-corrected chi connectivity index (χ4v) is 6.53. The molecule has 1 aromatic heterocycles. The highest BCUT2D eigenvalue weighted by Gasteiger charge is 2.26. The predicted molar refractivity (Wildman–Crippen MR) is 131 cm³/mol. The predicted octanol–water partition coefficient (Wildman–Crippen LogP) is 3.38. The zero-order valence-corrected chi connectivity index (χ0v) is 21.2. The van der Waals surface area contributed by atoms with Crippen LogP contribution in [0.25, 0.3) is 10.2 Å². The Morgan fingerprint density at radius 1 is 1.20 bits per heavy atom. The molecule has 2 aliphatic rings. The third kappa shape index (κ3) is 4.73. The Labute approximate surface area is 207 Å². The molecule has 1 amide bonds. The molecule has 2 aromatic carbocycles. The summed E-state index contributed by atoms with van der Waals surface area (Å²) >= 11 is 1.40. The number of thiazole rings is 1. The van der Waals surface area contributed by atoms with Crippen LogP contribution in [0, 0.1) is 0 Å². The fraction of sp³-hybridized carbons (Fsp3) is 0.417. The van der Waals surface area contributed by atoms with Crippen LogP contribution in [0.5, 0.6) is 11.5 Å². The van der Waals surface area contributed by atoms with Crippen molar-refractivity contribution < 1.29 is 27.4 Å². The highest BCUT2D eigenvalue weighted by Crippen LogP contribution is 2.37. The van der Waals surface area contributed by atoms with Crippen molar-refractivity contribution in [1.29, 1.82) is 0 Å². The number of rotatable bonds is 7. The van der Waals surface area contributed by atoms with E-state index in [0.717, 1.165) is 29.5 Å². The first-order valence-corrected chi connectivity index (χ1v) is 13.8. The molecule has 0 N–H and O–H groups in total. The lowest BCUT2D eigenvalue weighted by Crippen LogP contribution is -2.34. The van der Waals surface area contributed by atoms with E-state index in [-0.39, 0.29) is 17.8 Å². The van der Waals surface area contributed by atoms with Gasteiger partial charge in [0, 0.05) is 44.4 Å². The van der Waals surface area contributed by atoms with Gasteiger partial charge in [0.05, 0.1) is 21.2 Å². The number of ether oxygens (including phenoxy) is 3. The number of sulfonamides is 1. The lowest BCUT2D eigenvalue weighted by atomic mass is 10.2. The summed E-state index contributed by atoms with van der Waals surface area (Å²) in [5.74, 6) is 0.930. The van der Waals surface area contributed by atoms with Crippen LogP contribution in [-0.2, 0) is 21.3 Å². The van der Waals surface area contributed by atoms with Crippen LogP contribution in [0.2, 0.25) is 0 Å². The van der Waals surface area contributed by atoms with E-state index in [0.29, 0.717) is 41.6 Å². The minimum absolute atomic E-state index is 0.0788. The minimum Gasteiger partial charge on any atom is -0.454 e. The van der Waals surface area contributed by atoms with Crippen LogP contribution in [0.3, 0.4) is 0 Å². The van der Waals surface area contributed by atoms with Crippen LogP contribution in [0.15, 0.2) is 46.3 Å².